The Morgan fingerprint density at radius 3 is 2.52 bits per heavy atom. The van der Waals surface area contributed by atoms with Crippen molar-refractivity contribution in [2.24, 2.45) is 5.73 Å². The summed E-state index contributed by atoms with van der Waals surface area (Å²) in [5.41, 5.74) is 5.12. The second-order valence-corrected chi connectivity index (χ2v) is 6.72. The van der Waals surface area contributed by atoms with E-state index in [1.165, 1.54) is 0 Å². The fraction of sp³-hybridized carbons (Fsp3) is 0.929. The smallest absolute Gasteiger partial charge is 0.407 e. The lowest BCUT2D eigenvalue weighted by molar-refractivity contribution is -0.00657. The van der Waals surface area contributed by atoms with Crippen molar-refractivity contribution in [2.75, 3.05) is 13.1 Å². The molecule has 1 rings (SSSR count). The number of halogens is 2. The van der Waals surface area contributed by atoms with Gasteiger partial charge < -0.3 is 21.1 Å². The first kappa shape index (κ1) is 18.1. The molecule has 0 aromatic rings. The molecule has 124 valence electrons. The normalized spacial score (nSPS) is 23.7. The van der Waals surface area contributed by atoms with Crippen LogP contribution in [0.15, 0.2) is 0 Å². The minimum atomic E-state index is -3.02. The first-order valence-electron chi connectivity index (χ1n) is 7.41. The molecule has 21 heavy (non-hydrogen) atoms. The van der Waals surface area contributed by atoms with Gasteiger partial charge in [-0.3, -0.25) is 0 Å². The van der Waals surface area contributed by atoms with Crippen molar-refractivity contribution in [2.45, 2.75) is 70.1 Å². The van der Waals surface area contributed by atoms with Gasteiger partial charge in [0.15, 0.2) is 0 Å². The van der Waals surface area contributed by atoms with Gasteiger partial charge in [0.25, 0.3) is 5.92 Å². The van der Waals surface area contributed by atoms with Crippen LogP contribution in [0.4, 0.5) is 13.6 Å². The molecule has 1 aliphatic carbocycles. The quantitative estimate of drug-likeness (QED) is 0.726. The Labute approximate surface area is 125 Å². The summed E-state index contributed by atoms with van der Waals surface area (Å²) in [5, 5.41) is 4.94. The molecule has 1 fully saturated rings. The topological polar surface area (TPSA) is 76.4 Å². The third-order valence-corrected chi connectivity index (χ3v) is 3.25. The Hall–Kier alpha value is -0.950. The van der Waals surface area contributed by atoms with Crippen LogP contribution in [0.3, 0.4) is 0 Å². The van der Waals surface area contributed by atoms with Crippen LogP contribution in [0.25, 0.3) is 0 Å². The number of rotatable bonds is 5. The van der Waals surface area contributed by atoms with Gasteiger partial charge in [0.05, 0.1) is 13.1 Å². The SMILES string of the molecule is CC(C)(C)OC(=O)NCC(F)(F)CNC1CCCC(N)C1. The lowest BCUT2D eigenvalue weighted by Gasteiger charge is -2.29. The van der Waals surface area contributed by atoms with Crippen molar-refractivity contribution >= 4 is 6.09 Å². The van der Waals surface area contributed by atoms with Crippen LogP contribution in [0.2, 0.25) is 0 Å². The molecule has 4 N–H and O–H groups in total. The fourth-order valence-electron chi connectivity index (χ4n) is 2.28. The van der Waals surface area contributed by atoms with E-state index in [4.69, 9.17) is 10.5 Å². The molecule has 1 aliphatic rings. The van der Waals surface area contributed by atoms with Gasteiger partial charge in [-0.05, 0) is 40.0 Å². The molecule has 0 saturated heterocycles. The minimum absolute atomic E-state index is 0.0288. The third-order valence-electron chi connectivity index (χ3n) is 3.25. The number of carbonyl (C=O) groups is 1. The van der Waals surface area contributed by atoms with E-state index < -0.39 is 30.7 Å². The summed E-state index contributed by atoms with van der Waals surface area (Å²) in [6.07, 6.45) is 2.66. The molecule has 0 aromatic heterocycles. The summed E-state index contributed by atoms with van der Waals surface area (Å²) in [6, 6.07) is 0.117. The van der Waals surface area contributed by atoms with Gasteiger partial charge in [-0.1, -0.05) is 6.42 Å². The number of nitrogens with one attached hydrogen (secondary N) is 2. The average Bonchev–Trinajstić information content (AvgIpc) is 2.33. The van der Waals surface area contributed by atoms with E-state index in [9.17, 15) is 13.6 Å². The van der Waals surface area contributed by atoms with Crippen molar-refractivity contribution in [1.82, 2.24) is 10.6 Å². The summed E-state index contributed by atoms with van der Waals surface area (Å²) < 4.78 is 32.3. The molecule has 0 heterocycles. The highest BCUT2D eigenvalue weighted by atomic mass is 19.3. The number of amides is 1. The zero-order chi connectivity index (χ0) is 16.1. The second kappa shape index (κ2) is 7.35. The van der Waals surface area contributed by atoms with Crippen molar-refractivity contribution in [3.05, 3.63) is 0 Å². The van der Waals surface area contributed by atoms with E-state index in [2.05, 4.69) is 10.6 Å². The van der Waals surface area contributed by atoms with Crippen LogP contribution in [0.5, 0.6) is 0 Å². The van der Waals surface area contributed by atoms with Crippen LogP contribution in [-0.4, -0.2) is 42.8 Å². The largest absolute Gasteiger partial charge is 0.444 e. The number of carbonyl (C=O) groups excluding carboxylic acids is 1. The summed E-state index contributed by atoms with van der Waals surface area (Å²) in [7, 11) is 0. The monoisotopic (exact) mass is 307 g/mol. The molecule has 1 saturated carbocycles. The average molecular weight is 307 g/mol. The highest BCUT2D eigenvalue weighted by Crippen LogP contribution is 2.18. The molecule has 1 amide bonds. The summed E-state index contributed by atoms with van der Waals surface area (Å²) in [4.78, 5) is 11.4. The van der Waals surface area contributed by atoms with E-state index in [0.717, 1.165) is 25.7 Å². The predicted octanol–water partition coefficient (Wildman–Crippen LogP) is 2.01. The summed E-state index contributed by atoms with van der Waals surface area (Å²) in [5.74, 6) is -3.02. The molecule has 2 atom stereocenters. The third kappa shape index (κ3) is 8.16. The fourth-order valence-corrected chi connectivity index (χ4v) is 2.28. The maximum Gasteiger partial charge on any atom is 0.407 e. The van der Waals surface area contributed by atoms with Crippen molar-refractivity contribution < 1.29 is 18.3 Å². The van der Waals surface area contributed by atoms with Gasteiger partial charge in [0.2, 0.25) is 0 Å². The Kier molecular flexibility index (Phi) is 6.34. The van der Waals surface area contributed by atoms with E-state index in [1.54, 1.807) is 20.8 Å². The second-order valence-electron chi connectivity index (χ2n) is 6.72. The molecule has 0 spiro atoms. The minimum Gasteiger partial charge on any atom is -0.444 e. The maximum absolute atomic E-state index is 13.7. The van der Waals surface area contributed by atoms with Gasteiger partial charge in [-0.25, -0.2) is 13.6 Å². The molecule has 0 aliphatic heterocycles. The van der Waals surface area contributed by atoms with Crippen LogP contribution >= 0.6 is 0 Å². The van der Waals surface area contributed by atoms with E-state index >= 15 is 0 Å². The number of hydrogen-bond acceptors (Lipinski definition) is 4. The van der Waals surface area contributed by atoms with Gasteiger partial charge in [-0.15, -0.1) is 0 Å². The molecule has 0 bridgehead atoms. The van der Waals surface area contributed by atoms with Gasteiger partial charge in [0.1, 0.15) is 5.60 Å². The first-order chi connectivity index (χ1) is 9.57. The highest BCUT2D eigenvalue weighted by Gasteiger charge is 2.32. The Balaban J connectivity index is 2.28. The Morgan fingerprint density at radius 1 is 1.29 bits per heavy atom. The first-order valence-corrected chi connectivity index (χ1v) is 7.41. The summed E-state index contributed by atoms with van der Waals surface area (Å²) >= 11 is 0. The Bertz CT molecular complexity index is 346. The zero-order valence-electron chi connectivity index (χ0n) is 13.0. The highest BCUT2D eigenvalue weighted by molar-refractivity contribution is 5.67. The Morgan fingerprint density at radius 2 is 1.95 bits per heavy atom. The molecular formula is C14H27F2N3O2. The number of nitrogens with two attached hydrogens (primary N) is 1. The van der Waals surface area contributed by atoms with E-state index in [0.29, 0.717) is 0 Å². The lowest BCUT2D eigenvalue weighted by Crippen LogP contribution is -2.48. The van der Waals surface area contributed by atoms with Gasteiger partial charge in [0, 0.05) is 12.1 Å². The van der Waals surface area contributed by atoms with Crippen LogP contribution in [-0.2, 0) is 4.74 Å². The zero-order valence-corrected chi connectivity index (χ0v) is 13.0. The van der Waals surface area contributed by atoms with Crippen molar-refractivity contribution in [1.29, 1.82) is 0 Å². The van der Waals surface area contributed by atoms with Crippen molar-refractivity contribution in [3.63, 3.8) is 0 Å². The number of hydrogen-bond donors (Lipinski definition) is 3. The molecule has 5 nitrogen and oxygen atoms in total. The number of alkyl carbamates (subject to hydrolysis) is 1. The molecular weight excluding hydrogens is 280 g/mol. The van der Waals surface area contributed by atoms with Crippen LogP contribution in [0, 0.1) is 0 Å². The number of alkyl halides is 2. The molecule has 7 heteroatoms. The number of ether oxygens (including phenoxy) is 1. The standard InChI is InChI=1S/C14H27F2N3O2/c1-13(2,3)21-12(20)19-9-14(15,16)8-18-11-6-4-5-10(17)7-11/h10-11,18H,4-9,17H2,1-3H3,(H,19,20). The molecule has 0 aromatic carbocycles. The van der Waals surface area contributed by atoms with E-state index in [1.807, 2.05) is 0 Å². The van der Waals surface area contributed by atoms with E-state index in [-0.39, 0.29) is 12.1 Å². The van der Waals surface area contributed by atoms with Crippen LogP contribution in [0.1, 0.15) is 46.5 Å². The summed E-state index contributed by atoms with van der Waals surface area (Å²) in [6.45, 7) is 3.82. The van der Waals surface area contributed by atoms with Crippen LogP contribution < -0.4 is 16.4 Å². The molecule has 2 unspecified atom stereocenters. The lowest BCUT2D eigenvalue weighted by atomic mass is 9.91. The predicted molar refractivity (Wildman–Crippen MR) is 77.4 cm³/mol. The van der Waals surface area contributed by atoms with Crippen molar-refractivity contribution in [3.8, 4) is 0 Å². The van der Waals surface area contributed by atoms with Gasteiger partial charge >= 0.3 is 6.09 Å². The van der Waals surface area contributed by atoms with Gasteiger partial charge in [-0.2, -0.15) is 0 Å². The maximum atomic E-state index is 13.7. The molecule has 0 radical (unpaired) electrons.